The summed E-state index contributed by atoms with van der Waals surface area (Å²) in [5.41, 5.74) is -0.490. The molecule has 0 radical (unpaired) electrons. The van der Waals surface area contributed by atoms with Crippen molar-refractivity contribution < 1.29 is 9.53 Å². The van der Waals surface area contributed by atoms with Crippen LogP contribution in [0.4, 0.5) is 10.6 Å². The van der Waals surface area contributed by atoms with Crippen molar-refractivity contribution in [2.75, 3.05) is 18.4 Å². The van der Waals surface area contributed by atoms with E-state index >= 15 is 0 Å². The van der Waals surface area contributed by atoms with E-state index in [0.29, 0.717) is 24.1 Å². The summed E-state index contributed by atoms with van der Waals surface area (Å²) in [5, 5.41) is 5.91. The van der Waals surface area contributed by atoms with Crippen molar-refractivity contribution in [3.63, 3.8) is 0 Å². The quantitative estimate of drug-likeness (QED) is 0.821. The van der Waals surface area contributed by atoms with Gasteiger partial charge in [0.05, 0.1) is 12.4 Å². The summed E-state index contributed by atoms with van der Waals surface area (Å²) in [6.07, 6.45) is 2.56. The lowest BCUT2D eigenvalue weighted by molar-refractivity contribution is 0.0530. The van der Waals surface area contributed by atoms with Crippen molar-refractivity contribution in [2.45, 2.75) is 26.4 Å². The maximum Gasteiger partial charge on any atom is 0.407 e. The van der Waals surface area contributed by atoms with E-state index in [4.69, 9.17) is 16.3 Å². The minimum Gasteiger partial charge on any atom is -0.444 e. The molecule has 0 saturated heterocycles. The van der Waals surface area contributed by atoms with E-state index in [-0.39, 0.29) is 0 Å². The summed E-state index contributed by atoms with van der Waals surface area (Å²) in [6.45, 7) is 6.36. The van der Waals surface area contributed by atoms with Crippen LogP contribution in [0.15, 0.2) is 12.4 Å². The largest absolute Gasteiger partial charge is 0.444 e. The molecule has 18 heavy (non-hydrogen) atoms. The highest BCUT2D eigenvalue weighted by Crippen LogP contribution is 2.07. The van der Waals surface area contributed by atoms with Gasteiger partial charge in [0.1, 0.15) is 16.6 Å². The second-order valence-electron chi connectivity index (χ2n) is 4.58. The Labute approximate surface area is 111 Å². The van der Waals surface area contributed by atoms with Gasteiger partial charge >= 0.3 is 6.09 Å². The SMILES string of the molecule is CC(C)(C)OC(=O)NCCNc1cncc(Cl)n1. The van der Waals surface area contributed by atoms with E-state index in [1.807, 2.05) is 20.8 Å². The third-order valence-electron chi connectivity index (χ3n) is 1.70. The van der Waals surface area contributed by atoms with E-state index < -0.39 is 11.7 Å². The number of nitrogens with zero attached hydrogens (tertiary/aromatic N) is 2. The van der Waals surface area contributed by atoms with Gasteiger partial charge in [-0.05, 0) is 20.8 Å². The molecule has 0 unspecified atom stereocenters. The number of hydrogen-bond acceptors (Lipinski definition) is 5. The number of amides is 1. The Balaban J connectivity index is 2.21. The van der Waals surface area contributed by atoms with E-state index in [1.54, 1.807) is 6.20 Å². The molecule has 0 saturated carbocycles. The van der Waals surface area contributed by atoms with Gasteiger partial charge in [0.25, 0.3) is 0 Å². The maximum atomic E-state index is 11.3. The van der Waals surface area contributed by atoms with Crippen LogP contribution >= 0.6 is 11.6 Å². The zero-order valence-electron chi connectivity index (χ0n) is 10.7. The zero-order valence-corrected chi connectivity index (χ0v) is 11.4. The van der Waals surface area contributed by atoms with E-state index in [2.05, 4.69) is 20.6 Å². The number of anilines is 1. The molecule has 7 heteroatoms. The number of carbonyl (C=O) groups is 1. The van der Waals surface area contributed by atoms with Crippen LogP contribution in [0.25, 0.3) is 0 Å². The van der Waals surface area contributed by atoms with Crippen LogP contribution in [0.2, 0.25) is 5.15 Å². The van der Waals surface area contributed by atoms with Crippen molar-refractivity contribution in [3.05, 3.63) is 17.5 Å². The average Bonchev–Trinajstić information content (AvgIpc) is 2.22. The van der Waals surface area contributed by atoms with Gasteiger partial charge in [0.2, 0.25) is 0 Å². The molecule has 1 amide bonds. The van der Waals surface area contributed by atoms with Gasteiger partial charge in [-0.25, -0.2) is 9.78 Å². The Hall–Kier alpha value is -1.56. The fraction of sp³-hybridized carbons (Fsp3) is 0.545. The van der Waals surface area contributed by atoms with E-state index in [9.17, 15) is 4.79 Å². The molecule has 100 valence electrons. The molecule has 0 spiro atoms. The summed E-state index contributed by atoms with van der Waals surface area (Å²) in [5.74, 6) is 0.563. The van der Waals surface area contributed by atoms with E-state index in [1.165, 1.54) is 6.20 Å². The number of carbonyl (C=O) groups excluding carboxylic acids is 1. The van der Waals surface area contributed by atoms with Gasteiger partial charge in [0.15, 0.2) is 0 Å². The summed E-state index contributed by atoms with van der Waals surface area (Å²) in [6, 6.07) is 0. The normalized spacial score (nSPS) is 10.9. The zero-order chi connectivity index (χ0) is 13.6. The molecule has 0 aliphatic rings. The van der Waals surface area contributed by atoms with Crippen LogP contribution in [0, 0.1) is 0 Å². The molecule has 0 fully saturated rings. The Morgan fingerprint density at radius 1 is 1.39 bits per heavy atom. The standard InChI is InChI=1S/C11H17ClN4O2/c1-11(2,3)18-10(17)15-5-4-14-9-7-13-6-8(12)16-9/h6-7H,4-5H2,1-3H3,(H,14,16)(H,15,17). The third-order valence-corrected chi connectivity index (χ3v) is 1.89. The summed E-state index contributed by atoms with van der Waals surface area (Å²) in [4.78, 5) is 19.2. The van der Waals surface area contributed by atoms with Crippen molar-refractivity contribution >= 4 is 23.5 Å². The number of aromatic nitrogens is 2. The number of alkyl carbamates (subject to hydrolysis) is 1. The van der Waals surface area contributed by atoms with Gasteiger partial charge < -0.3 is 15.4 Å². The molecule has 0 aromatic carbocycles. The van der Waals surface area contributed by atoms with Crippen molar-refractivity contribution in [2.24, 2.45) is 0 Å². The highest BCUT2D eigenvalue weighted by molar-refractivity contribution is 6.29. The first-order valence-electron chi connectivity index (χ1n) is 5.55. The average molecular weight is 273 g/mol. The van der Waals surface area contributed by atoms with Crippen LogP contribution in [0.1, 0.15) is 20.8 Å². The minimum absolute atomic E-state index is 0.320. The number of rotatable bonds is 4. The Kier molecular flexibility index (Phi) is 5.15. The van der Waals surface area contributed by atoms with E-state index in [0.717, 1.165) is 0 Å². The molecule has 1 aromatic rings. The second-order valence-corrected chi connectivity index (χ2v) is 4.97. The van der Waals surface area contributed by atoms with Gasteiger partial charge in [-0.15, -0.1) is 0 Å². The lowest BCUT2D eigenvalue weighted by Gasteiger charge is -2.19. The van der Waals surface area contributed by atoms with Gasteiger partial charge in [-0.2, -0.15) is 0 Å². The van der Waals surface area contributed by atoms with Crippen LogP contribution in [0.5, 0.6) is 0 Å². The Morgan fingerprint density at radius 2 is 2.11 bits per heavy atom. The molecule has 0 atom stereocenters. The molecule has 2 N–H and O–H groups in total. The van der Waals surface area contributed by atoms with Crippen LogP contribution in [-0.2, 0) is 4.74 Å². The Morgan fingerprint density at radius 3 is 2.72 bits per heavy atom. The molecule has 1 aromatic heterocycles. The first-order chi connectivity index (χ1) is 8.37. The monoisotopic (exact) mass is 272 g/mol. The molecule has 0 aliphatic heterocycles. The fourth-order valence-corrected chi connectivity index (χ4v) is 1.24. The maximum absolute atomic E-state index is 11.3. The van der Waals surface area contributed by atoms with Gasteiger partial charge in [-0.1, -0.05) is 11.6 Å². The topological polar surface area (TPSA) is 76.1 Å². The summed E-state index contributed by atoms with van der Waals surface area (Å²) >= 11 is 5.68. The van der Waals surface area contributed by atoms with Gasteiger partial charge in [-0.3, -0.25) is 4.98 Å². The number of nitrogens with one attached hydrogen (secondary N) is 2. The lowest BCUT2D eigenvalue weighted by Crippen LogP contribution is -2.35. The molecular formula is C11H17ClN4O2. The second kappa shape index (κ2) is 6.39. The smallest absolute Gasteiger partial charge is 0.407 e. The highest BCUT2D eigenvalue weighted by Gasteiger charge is 2.15. The lowest BCUT2D eigenvalue weighted by atomic mass is 10.2. The molecule has 0 bridgehead atoms. The minimum atomic E-state index is -0.490. The van der Waals surface area contributed by atoms with Crippen LogP contribution in [-0.4, -0.2) is 34.8 Å². The summed E-state index contributed by atoms with van der Waals surface area (Å²) < 4.78 is 5.08. The Bertz CT molecular complexity index is 406. The predicted octanol–water partition coefficient (Wildman–Crippen LogP) is 2.07. The van der Waals surface area contributed by atoms with Crippen LogP contribution in [0.3, 0.4) is 0 Å². The third kappa shape index (κ3) is 6.24. The van der Waals surface area contributed by atoms with Crippen LogP contribution < -0.4 is 10.6 Å². The summed E-state index contributed by atoms with van der Waals surface area (Å²) in [7, 11) is 0. The molecule has 0 aliphatic carbocycles. The first-order valence-corrected chi connectivity index (χ1v) is 5.93. The van der Waals surface area contributed by atoms with Crippen molar-refractivity contribution in [1.29, 1.82) is 0 Å². The highest BCUT2D eigenvalue weighted by atomic mass is 35.5. The number of hydrogen-bond donors (Lipinski definition) is 2. The number of halogens is 1. The van der Waals surface area contributed by atoms with Crippen molar-refractivity contribution in [1.82, 2.24) is 15.3 Å². The predicted molar refractivity (Wildman–Crippen MR) is 69.8 cm³/mol. The molecule has 1 heterocycles. The first kappa shape index (κ1) is 14.5. The number of ether oxygens (including phenoxy) is 1. The van der Waals surface area contributed by atoms with Gasteiger partial charge in [0, 0.05) is 13.1 Å². The molecule has 6 nitrogen and oxygen atoms in total. The molecular weight excluding hydrogens is 256 g/mol. The van der Waals surface area contributed by atoms with Crippen molar-refractivity contribution in [3.8, 4) is 0 Å². The molecule has 1 rings (SSSR count). The fourth-order valence-electron chi connectivity index (χ4n) is 1.10.